The first-order valence-electron chi connectivity index (χ1n) is 8.12. The average Bonchev–Trinajstić information content (AvgIpc) is 2.42. The molecule has 1 heterocycles. The quantitative estimate of drug-likeness (QED) is 0.885. The van der Waals surface area contributed by atoms with Crippen LogP contribution < -0.4 is 5.32 Å². The Kier molecular flexibility index (Phi) is 5.62. The van der Waals surface area contributed by atoms with Crippen LogP contribution in [0, 0.1) is 20.8 Å². The standard InChI is InChI=1S/C18H30N2/c1-5-17(6-9-20-10-7-19-8-11-20)18-15(3)12-14(2)13-16(18)4/h12-13,17,19H,5-11H2,1-4H3. The minimum Gasteiger partial charge on any atom is -0.314 e. The van der Waals surface area contributed by atoms with Gasteiger partial charge in [-0.2, -0.15) is 0 Å². The lowest BCUT2D eigenvalue weighted by Gasteiger charge is -2.29. The number of aryl methyl sites for hydroxylation is 3. The van der Waals surface area contributed by atoms with E-state index < -0.39 is 0 Å². The van der Waals surface area contributed by atoms with Crippen molar-refractivity contribution in [2.45, 2.75) is 46.5 Å². The molecule has 1 aromatic carbocycles. The number of benzene rings is 1. The summed E-state index contributed by atoms with van der Waals surface area (Å²) in [6.45, 7) is 15.1. The fourth-order valence-corrected chi connectivity index (χ4v) is 3.66. The average molecular weight is 274 g/mol. The van der Waals surface area contributed by atoms with Gasteiger partial charge in [-0.05, 0) is 62.8 Å². The fourth-order valence-electron chi connectivity index (χ4n) is 3.66. The zero-order chi connectivity index (χ0) is 14.5. The fraction of sp³-hybridized carbons (Fsp3) is 0.667. The Hall–Kier alpha value is -0.860. The number of hydrogen-bond acceptors (Lipinski definition) is 2. The maximum absolute atomic E-state index is 3.43. The normalized spacial score (nSPS) is 18.2. The van der Waals surface area contributed by atoms with E-state index in [1.54, 1.807) is 5.56 Å². The minimum absolute atomic E-state index is 0.713. The molecule has 1 aliphatic heterocycles. The molecule has 0 radical (unpaired) electrons. The summed E-state index contributed by atoms with van der Waals surface area (Å²) in [7, 11) is 0. The van der Waals surface area contributed by atoms with Gasteiger partial charge >= 0.3 is 0 Å². The van der Waals surface area contributed by atoms with Crippen molar-refractivity contribution in [3.63, 3.8) is 0 Å². The lowest BCUT2D eigenvalue weighted by molar-refractivity contribution is 0.231. The Bertz CT molecular complexity index is 410. The molecule has 0 amide bonds. The first-order valence-corrected chi connectivity index (χ1v) is 8.12. The van der Waals surface area contributed by atoms with Gasteiger partial charge in [0.1, 0.15) is 0 Å². The SMILES string of the molecule is CCC(CCN1CCNCC1)c1c(C)cc(C)cc1C. The zero-order valence-corrected chi connectivity index (χ0v) is 13.6. The monoisotopic (exact) mass is 274 g/mol. The van der Waals surface area contributed by atoms with Crippen molar-refractivity contribution in [1.29, 1.82) is 0 Å². The van der Waals surface area contributed by atoms with Crippen molar-refractivity contribution in [2.75, 3.05) is 32.7 Å². The topological polar surface area (TPSA) is 15.3 Å². The van der Waals surface area contributed by atoms with Crippen molar-refractivity contribution >= 4 is 0 Å². The molecule has 1 aliphatic rings. The van der Waals surface area contributed by atoms with Crippen LogP contribution >= 0.6 is 0 Å². The van der Waals surface area contributed by atoms with Gasteiger partial charge in [-0.3, -0.25) is 0 Å². The molecule has 1 unspecified atom stereocenters. The van der Waals surface area contributed by atoms with Gasteiger partial charge in [0.2, 0.25) is 0 Å². The Balaban J connectivity index is 2.04. The molecule has 20 heavy (non-hydrogen) atoms. The Labute approximate surface area is 124 Å². The molecule has 1 aromatic rings. The Morgan fingerprint density at radius 3 is 2.25 bits per heavy atom. The van der Waals surface area contributed by atoms with Crippen molar-refractivity contribution in [2.24, 2.45) is 0 Å². The van der Waals surface area contributed by atoms with Gasteiger partial charge in [0, 0.05) is 26.2 Å². The van der Waals surface area contributed by atoms with Crippen molar-refractivity contribution in [1.82, 2.24) is 10.2 Å². The van der Waals surface area contributed by atoms with Crippen LogP contribution in [0.4, 0.5) is 0 Å². The minimum atomic E-state index is 0.713. The highest BCUT2D eigenvalue weighted by atomic mass is 15.2. The molecule has 1 fully saturated rings. The third-order valence-corrected chi connectivity index (χ3v) is 4.64. The number of hydrogen-bond donors (Lipinski definition) is 1. The third kappa shape index (κ3) is 3.83. The largest absolute Gasteiger partial charge is 0.314 e. The highest BCUT2D eigenvalue weighted by Crippen LogP contribution is 2.30. The van der Waals surface area contributed by atoms with Crippen LogP contribution in [0.3, 0.4) is 0 Å². The summed E-state index contributed by atoms with van der Waals surface area (Å²) in [5.41, 5.74) is 5.96. The molecule has 1 N–H and O–H groups in total. The number of rotatable bonds is 5. The van der Waals surface area contributed by atoms with E-state index in [0.717, 1.165) is 13.1 Å². The molecular formula is C18H30N2. The predicted molar refractivity (Wildman–Crippen MR) is 87.6 cm³/mol. The van der Waals surface area contributed by atoms with Crippen LogP contribution in [-0.4, -0.2) is 37.6 Å². The molecule has 1 saturated heterocycles. The summed E-state index contributed by atoms with van der Waals surface area (Å²) >= 11 is 0. The second-order valence-corrected chi connectivity index (χ2v) is 6.30. The lowest BCUT2D eigenvalue weighted by Crippen LogP contribution is -2.44. The molecule has 0 saturated carbocycles. The summed E-state index contributed by atoms with van der Waals surface area (Å²) in [5.74, 6) is 0.713. The van der Waals surface area contributed by atoms with Crippen molar-refractivity contribution in [3.05, 3.63) is 34.4 Å². The maximum atomic E-state index is 3.43. The van der Waals surface area contributed by atoms with Crippen LogP contribution in [0.25, 0.3) is 0 Å². The van der Waals surface area contributed by atoms with Gasteiger partial charge in [0.15, 0.2) is 0 Å². The lowest BCUT2D eigenvalue weighted by atomic mass is 9.85. The van der Waals surface area contributed by atoms with Crippen molar-refractivity contribution in [3.8, 4) is 0 Å². The van der Waals surface area contributed by atoms with E-state index in [1.165, 1.54) is 49.2 Å². The Morgan fingerprint density at radius 2 is 1.70 bits per heavy atom. The smallest absolute Gasteiger partial charge is 0.0107 e. The first kappa shape index (κ1) is 15.5. The van der Waals surface area contributed by atoms with Crippen LogP contribution in [0.2, 0.25) is 0 Å². The second kappa shape index (κ2) is 7.24. The molecule has 2 rings (SSSR count). The molecule has 2 nitrogen and oxygen atoms in total. The highest BCUT2D eigenvalue weighted by molar-refractivity contribution is 5.39. The second-order valence-electron chi connectivity index (χ2n) is 6.30. The van der Waals surface area contributed by atoms with Crippen molar-refractivity contribution < 1.29 is 0 Å². The summed E-state index contributed by atoms with van der Waals surface area (Å²) in [6, 6.07) is 4.69. The van der Waals surface area contributed by atoms with Gasteiger partial charge in [0.25, 0.3) is 0 Å². The summed E-state index contributed by atoms with van der Waals surface area (Å²) in [4.78, 5) is 2.61. The highest BCUT2D eigenvalue weighted by Gasteiger charge is 2.17. The Morgan fingerprint density at radius 1 is 1.10 bits per heavy atom. The molecule has 112 valence electrons. The van der Waals surface area contributed by atoms with E-state index in [2.05, 4.69) is 50.0 Å². The third-order valence-electron chi connectivity index (χ3n) is 4.64. The number of piperazine rings is 1. The summed E-state index contributed by atoms with van der Waals surface area (Å²) in [5, 5.41) is 3.43. The summed E-state index contributed by atoms with van der Waals surface area (Å²) in [6.07, 6.45) is 2.54. The first-order chi connectivity index (χ1) is 9.61. The number of nitrogens with one attached hydrogen (secondary N) is 1. The van der Waals surface area contributed by atoms with Crippen LogP contribution in [0.1, 0.15) is 47.9 Å². The molecule has 0 spiro atoms. The van der Waals surface area contributed by atoms with E-state index in [1.807, 2.05) is 0 Å². The van der Waals surface area contributed by atoms with Gasteiger partial charge in [-0.1, -0.05) is 24.6 Å². The van der Waals surface area contributed by atoms with E-state index in [0.29, 0.717) is 5.92 Å². The van der Waals surface area contributed by atoms with Crippen LogP contribution in [0.15, 0.2) is 12.1 Å². The molecule has 1 atom stereocenters. The van der Waals surface area contributed by atoms with E-state index in [4.69, 9.17) is 0 Å². The molecule has 0 aliphatic carbocycles. The predicted octanol–water partition coefficient (Wildman–Crippen LogP) is 3.40. The zero-order valence-electron chi connectivity index (χ0n) is 13.6. The molecule has 0 bridgehead atoms. The van der Waals surface area contributed by atoms with E-state index in [-0.39, 0.29) is 0 Å². The van der Waals surface area contributed by atoms with Gasteiger partial charge in [-0.25, -0.2) is 0 Å². The van der Waals surface area contributed by atoms with Crippen LogP contribution in [-0.2, 0) is 0 Å². The van der Waals surface area contributed by atoms with Gasteiger partial charge in [-0.15, -0.1) is 0 Å². The van der Waals surface area contributed by atoms with Crippen LogP contribution in [0.5, 0.6) is 0 Å². The van der Waals surface area contributed by atoms with E-state index >= 15 is 0 Å². The molecule has 0 aromatic heterocycles. The van der Waals surface area contributed by atoms with Gasteiger partial charge in [0.05, 0.1) is 0 Å². The number of nitrogens with zero attached hydrogens (tertiary/aromatic N) is 1. The maximum Gasteiger partial charge on any atom is 0.0107 e. The summed E-state index contributed by atoms with van der Waals surface area (Å²) < 4.78 is 0. The molecular weight excluding hydrogens is 244 g/mol. The molecule has 2 heteroatoms. The van der Waals surface area contributed by atoms with Gasteiger partial charge < -0.3 is 10.2 Å². The van der Waals surface area contributed by atoms with E-state index in [9.17, 15) is 0 Å².